The molecule has 298 valence electrons. The highest BCUT2D eigenvalue weighted by Crippen LogP contribution is 2.14. The summed E-state index contributed by atoms with van der Waals surface area (Å²) in [6.07, 6.45) is 50.9. The topological polar surface area (TPSA) is 104 Å². The molecule has 2 unspecified atom stereocenters. The van der Waals surface area contributed by atoms with E-state index in [2.05, 4.69) is 55.6 Å². The molecule has 0 aromatic carbocycles. The second-order valence-electron chi connectivity index (χ2n) is 14.6. The van der Waals surface area contributed by atoms with E-state index < -0.39 is 28.0 Å². The smallest absolute Gasteiger partial charge is 0.267 e. The van der Waals surface area contributed by atoms with Gasteiger partial charge in [-0.2, -0.15) is 8.42 Å². The molecule has 0 aliphatic rings. The summed E-state index contributed by atoms with van der Waals surface area (Å²) in [5.41, 5.74) is 0. The molecule has 7 heteroatoms. The van der Waals surface area contributed by atoms with E-state index in [0.29, 0.717) is 6.42 Å². The number of carbonyl (C=O) groups excluding carboxylic acids is 1. The third-order valence-electron chi connectivity index (χ3n) is 9.48. The number of allylic oxidation sites excluding steroid dienone is 7. The van der Waals surface area contributed by atoms with Crippen LogP contribution >= 0.6 is 0 Å². The Kier molecular flexibility index (Phi) is 36.8. The van der Waals surface area contributed by atoms with E-state index in [9.17, 15) is 22.9 Å². The van der Waals surface area contributed by atoms with Crippen molar-refractivity contribution in [1.82, 2.24) is 5.32 Å². The Balaban J connectivity index is 3.95. The zero-order valence-corrected chi connectivity index (χ0v) is 34.0. The third-order valence-corrected chi connectivity index (χ3v) is 10.3. The fraction of sp³-hybridized carbons (Fsp3) is 0.795. The predicted molar refractivity (Wildman–Crippen MR) is 221 cm³/mol. The summed E-state index contributed by atoms with van der Waals surface area (Å²) in [5.74, 6) is -1.01. The Morgan fingerprint density at radius 2 is 0.902 bits per heavy atom. The first-order valence-corrected chi connectivity index (χ1v) is 22.9. The van der Waals surface area contributed by atoms with Crippen LogP contribution in [0.3, 0.4) is 0 Å². The van der Waals surface area contributed by atoms with Crippen molar-refractivity contribution in [1.29, 1.82) is 0 Å². The van der Waals surface area contributed by atoms with Crippen molar-refractivity contribution in [3.05, 3.63) is 48.6 Å². The minimum Gasteiger partial charge on any atom is -0.387 e. The first-order valence-electron chi connectivity index (χ1n) is 21.3. The maximum absolute atomic E-state index is 12.5. The van der Waals surface area contributed by atoms with E-state index in [1.165, 1.54) is 141 Å². The summed E-state index contributed by atoms with van der Waals surface area (Å²) in [5, 5.41) is 13.2. The number of carbonyl (C=O) groups is 1. The van der Waals surface area contributed by atoms with Crippen LogP contribution in [0.15, 0.2) is 48.6 Å². The normalized spacial score (nSPS) is 13.7. The standard InChI is InChI=1S/C44H81NO5S/c1-3-5-7-9-11-13-15-17-19-21-22-24-26-28-30-32-34-36-38-40-44(47)45-42(41-51(48,49)50)43(46)39-37-35-33-31-29-27-25-23-20-18-16-14-12-10-8-6-4-2/h11,13,17,19,29,31,37,39,42-43,46H,3-10,12,14-16,18,20-28,30,32-36,38,40-41H2,1-2H3,(H,45,47)(H,48,49,50)/b13-11-,19-17-,31-29+,39-37+. The highest BCUT2D eigenvalue weighted by atomic mass is 32.2. The fourth-order valence-corrected chi connectivity index (χ4v) is 6.99. The summed E-state index contributed by atoms with van der Waals surface area (Å²) < 4.78 is 32.5. The SMILES string of the molecule is CCCCC/C=C\C/C=C\CCCCCCCCCCCC(=O)NC(CS(=O)(=O)O)C(O)/C=C/CC/C=C/CCCCCCCCCCCCC. The molecule has 0 radical (unpaired) electrons. The van der Waals surface area contributed by atoms with E-state index in [1.54, 1.807) is 0 Å². The van der Waals surface area contributed by atoms with E-state index in [4.69, 9.17) is 0 Å². The monoisotopic (exact) mass is 736 g/mol. The minimum absolute atomic E-state index is 0.282. The number of hydrogen-bond acceptors (Lipinski definition) is 4. The van der Waals surface area contributed by atoms with Gasteiger partial charge in [-0.1, -0.05) is 184 Å². The molecule has 0 spiro atoms. The van der Waals surface area contributed by atoms with E-state index >= 15 is 0 Å². The van der Waals surface area contributed by atoms with E-state index in [0.717, 1.165) is 44.9 Å². The van der Waals surface area contributed by atoms with Crippen LogP contribution < -0.4 is 5.32 Å². The Hall–Kier alpha value is -1.70. The number of amides is 1. The van der Waals surface area contributed by atoms with Gasteiger partial charge in [0.2, 0.25) is 5.91 Å². The van der Waals surface area contributed by atoms with Gasteiger partial charge in [-0.25, -0.2) is 0 Å². The summed E-state index contributed by atoms with van der Waals surface area (Å²) in [6.45, 7) is 4.50. The zero-order chi connectivity index (χ0) is 37.5. The molecule has 1 amide bonds. The van der Waals surface area contributed by atoms with Crippen molar-refractivity contribution in [2.24, 2.45) is 0 Å². The lowest BCUT2D eigenvalue weighted by molar-refractivity contribution is -0.122. The van der Waals surface area contributed by atoms with Crippen molar-refractivity contribution >= 4 is 16.0 Å². The fourth-order valence-electron chi connectivity index (χ4n) is 6.26. The molecule has 3 N–H and O–H groups in total. The van der Waals surface area contributed by atoms with Gasteiger partial charge >= 0.3 is 0 Å². The lowest BCUT2D eigenvalue weighted by atomic mass is 10.1. The maximum atomic E-state index is 12.5. The lowest BCUT2D eigenvalue weighted by Gasteiger charge is -2.21. The molecular weight excluding hydrogens is 655 g/mol. The maximum Gasteiger partial charge on any atom is 0.267 e. The van der Waals surface area contributed by atoms with Crippen molar-refractivity contribution < 1.29 is 22.9 Å². The molecule has 0 aliphatic heterocycles. The number of rotatable bonds is 38. The van der Waals surface area contributed by atoms with E-state index in [-0.39, 0.29) is 12.3 Å². The predicted octanol–water partition coefficient (Wildman–Crippen LogP) is 12.7. The Labute approximate surface area is 316 Å². The Morgan fingerprint density at radius 3 is 1.39 bits per heavy atom. The first kappa shape index (κ1) is 49.3. The van der Waals surface area contributed by atoms with Gasteiger partial charge in [-0.3, -0.25) is 9.35 Å². The summed E-state index contributed by atoms with van der Waals surface area (Å²) in [4.78, 5) is 12.5. The quantitative estimate of drug-likeness (QED) is 0.0333. The Morgan fingerprint density at radius 1 is 0.529 bits per heavy atom. The van der Waals surface area contributed by atoms with Gasteiger partial charge in [0.15, 0.2) is 0 Å². The molecule has 0 heterocycles. The van der Waals surface area contributed by atoms with Gasteiger partial charge in [-0.15, -0.1) is 0 Å². The van der Waals surface area contributed by atoms with Crippen LogP contribution in [-0.4, -0.2) is 41.9 Å². The molecule has 0 bridgehead atoms. The van der Waals surface area contributed by atoms with Crippen molar-refractivity contribution in [2.75, 3.05) is 5.75 Å². The zero-order valence-electron chi connectivity index (χ0n) is 33.2. The van der Waals surface area contributed by atoms with Gasteiger partial charge in [0.1, 0.15) is 0 Å². The number of nitrogens with one attached hydrogen (secondary N) is 1. The summed E-state index contributed by atoms with van der Waals surface area (Å²) >= 11 is 0. The minimum atomic E-state index is -4.36. The van der Waals surface area contributed by atoms with E-state index in [1.807, 2.05) is 6.08 Å². The van der Waals surface area contributed by atoms with Gasteiger partial charge in [0, 0.05) is 6.42 Å². The van der Waals surface area contributed by atoms with Crippen molar-refractivity contribution in [2.45, 2.75) is 219 Å². The van der Waals surface area contributed by atoms with Gasteiger partial charge in [-0.05, 0) is 64.2 Å². The molecule has 2 atom stereocenters. The second-order valence-corrected chi connectivity index (χ2v) is 16.1. The van der Waals surface area contributed by atoms with Crippen LogP contribution in [0.2, 0.25) is 0 Å². The molecule has 6 nitrogen and oxygen atoms in total. The highest BCUT2D eigenvalue weighted by Gasteiger charge is 2.24. The summed E-state index contributed by atoms with van der Waals surface area (Å²) in [6, 6.07) is -1.08. The van der Waals surface area contributed by atoms with Crippen LogP contribution in [0.25, 0.3) is 0 Å². The molecule has 0 fully saturated rings. The van der Waals surface area contributed by atoms with Crippen LogP contribution in [0.4, 0.5) is 0 Å². The number of aliphatic hydroxyl groups is 1. The van der Waals surface area contributed by atoms with Gasteiger partial charge < -0.3 is 10.4 Å². The first-order chi connectivity index (χ1) is 24.8. The third kappa shape index (κ3) is 39.3. The molecule has 0 aliphatic carbocycles. The second kappa shape index (κ2) is 38.0. The van der Waals surface area contributed by atoms with Gasteiger partial charge in [0.05, 0.1) is 17.9 Å². The molecule has 0 saturated carbocycles. The van der Waals surface area contributed by atoms with Crippen molar-refractivity contribution in [3.63, 3.8) is 0 Å². The number of aliphatic hydroxyl groups excluding tert-OH is 1. The average Bonchev–Trinajstić information content (AvgIpc) is 3.09. The van der Waals surface area contributed by atoms with Crippen LogP contribution in [0.5, 0.6) is 0 Å². The van der Waals surface area contributed by atoms with Crippen molar-refractivity contribution in [3.8, 4) is 0 Å². The molecule has 0 aromatic heterocycles. The molecule has 0 aromatic rings. The molecule has 51 heavy (non-hydrogen) atoms. The largest absolute Gasteiger partial charge is 0.387 e. The summed E-state index contributed by atoms with van der Waals surface area (Å²) in [7, 11) is -4.36. The molecular formula is C44H81NO5S. The Bertz CT molecular complexity index is 987. The molecule has 0 rings (SSSR count). The van der Waals surface area contributed by atoms with Crippen LogP contribution in [0, 0.1) is 0 Å². The van der Waals surface area contributed by atoms with Crippen LogP contribution in [-0.2, 0) is 14.9 Å². The average molecular weight is 736 g/mol. The van der Waals surface area contributed by atoms with Gasteiger partial charge in [0.25, 0.3) is 10.1 Å². The van der Waals surface area contributed by atoms with Crippen LogP contribution in [0.1, 0.15) is 206 Å². The number of unbranched alkanes of at least 4 members (excludes halogenated alkanes) is 24. The lowest BCUT2D eigenvalue weighted by Crippen LogP contribution is -2.46. The highest BCUT2D eigenvalue weighted by molar-refractivity contribution is 7.85. The molecule has 0 saturated heterocycles. The number of hydrogen-bond donors (Lipinski definition) is 3.